The van der Waals surface area contributed by atoms with Crippen LogP contribution in [-0.4, -0.2) is 9.78 Å². The SMILES string of the molecule is CCc1cc(C(N)Cc2c(C)cc(C)cc2C)n(CC)n1. The highest BCUT2D eigenvalue weighted by molar-refractivity contribution is 5.38. The molecule has 0 aliphatic carbocycles. The standard InChI is InChI=1S/C18H27N3/c1-6-15-10-18(21(7-2)20-15)17(19)11-16-13(4)8-12(3)9-14(16)5/h8-10,17H,6-7,11,19H2,1-5H3. The van der Waals surface area contributed by atoms with Crippen molar-refractivity contribution in [3.8, 4) is 0 Å². The maximum atomic E-state index is 6.49. The molecule has 2 rings (SSSR count). The van der Waals surface area contributed by atoms with Crippen LogP contribution in [-0.2, 0) is 19.4 Å². The average Bonchev–Trinajstić information content (AvgIpc) is 2.86. The van der Waals surface area contributed by atoms with Gasteiger partial charge in [-0.3, -0.25) is 4.68 Å². The first kappa shape index (κ1) is 15.8. The largest absolute Gasteiger partial charge is 0.322 e. The van der Waals surface area contributed by atoms with Crippen molar-refractivity contribution >= 4 is 0 Å². The number of hydrogen-bond acceptors (Lipinski definition) is 2. The first-order valence-corrected chi connectivity index (χ1v) is 7.85. The Morgan fingerprint density at radius 2 is 1.71 bits per heavy atom. The second kappa shape index (κ2) is 6.44. The summed E-state index contributed by atoms with van der Waals surface area (Å²) in [5.74, 6) is 0. The highest BCUT2D eigenvalue weighted by Gasteiger charge is 2.16. The summed E-state index contributed by atoms with van der Waals surface area (Å²) in [4.78, 5) is 0. The maximum Gasteiger partial charge on any atom is 0.0625 e. The molecule has 0 radical (unpaired) electrons. The third-order valence-corrected chi connectivity index (χ3v) is 4.17. The molecule has 3 heteroatoms. The van der Waals surface area contributed by atoms with E-state index in [9.17, 15) is 0 Å². The van der Waals surface area contributed by atoms with Crippen molar-refractivity contribution in [3.05, 3.63) is 51.8 Å². The van der Waals surface area contributed by atoms with Gasteiger partial charge in [-0.15, -0.1) is 0 Å². The Bertz CT molecular complexity index is 602. The topological polar surface area (TPSA) is 43.8 Å². The van der Waals surface area contributed by atoms with Gasteiger partial charge in [0.1, 0.15) is 0 Å². The van der Waals surface area contributed by atoms with E-state index in [0.717, 1.165) is 30.8 Å². The highest BCUT2D eigenvalue weighted by atomic mass is 15.3. The summed E-state index contributed by atoms with van der Waals surface area (Å²) in [5, 5.41) is 4.61. The number of nitrogens with two attached hydrogens (primary N) is 1. The zero-order valence-corrected chi connectivity index (χ0v) is 13.9. The van der Waals surface area contributed by atoms with Crippen molar-refractivity contribution in [3.63, 3.8) is 0 Å². The fraction of sp³-hybridized carbons (Fsp3) is 0.500. The first-order valence-electron chi connectivity index (χ1n) is 7.85. The third kappa shape index (κ3) is 3.35. The van der Waals surface area contributed by atoms with E-state index in [-0.39, 0.29) is 6.04 Å². The van der Waals surface area contributed by atoms with E-state index >= 15 is 0 Å². The van der Waals surface area contributed by atoms with Gasteiger partial charge in [0, 0.05) is 6.54 Å². The quantitative estimate of drug-likeness (QED) is 0.911. The van der Waals surface area contributed by atoms with Gasteiger partial charge in [-0.2, -0.15) is 5.10 Å². The van der Waals surface area contributed by atoms with E-state index in [1.165, 1.54) is 22.3 Å². The van der Waals surface area contributed by atoms with Crippen LogP contribution in [0.2, 0.25) is 0 Å². The molecule has 21 heavy (non-hydrogen) atoms. The molecular formula is C18H27N3. The van der Waals surface area contributed by atoms with Gasteiger partial charge in [-0.1, -0.05) is 24.6 Å². The Balaban J connectivity index is 2.30. The predicted molar refractivity (Wildman–Crippen MR) is 88.6 cm³/mol. The van der Waals surface area contributed by atoms with Crippen molar-refractivity contribution in [1.82, 2.24) is 9.78 Å². The van der Waals surface area contributed by atoms with Crippen LogP contribution in [0.4, 0.5) is 0 Å². The van der Waals surface area contributed by atoms with Crippen LogP contribution in [0.1, 0.15) is 53.5 Å². The number of benzene rings is 1. The molecule has 0 fully saturated rings. The molecule has 0 spiro atoms. The van der Waals surface area contributed by atoms with Crippen LogP contribution in [0, 0.1) is 20.8 Å². The molecule has 1 unspecified atom stereocenters. The number of aryl methyl sites for hydroxylation is 5. The summed E-state index contributed by atoms with van der Waals surface area (Å²) in [6.45, 7) is 11.6. The Morgan fingerprint density at radius 1 is 1.10 bits per heavy atom. The molecular weight excluding hydrogens is 258 g/mol. The highest BCUT2D eigenvalue weighted by Crippen LogP contribution is 2.23. The van der Waals surface area contributed by atoms with E-state index in [1.54, 1.807) is 0 Å². The summed E-state index contributed by atoms with van der Waals surface area (Å²) in [6.07, 6.45) is 1.82. The van der Waals surface area contributed by atoms with Crippen molar-refractivity contribution in [2.45, 2.75) is 60.0 Å². The Morgan fingerprint density at radius 3 is 2.24 bits per heavy atom. The minimum Gasteiger partial charge on any atom is -0.322 e. The molecule has 0 bridgehead atoms. The zero-order valence-electron chi connectivity index (χ0n) is 13.9. The third-order valence-electron chi connectivity index (χ3n) is 4.17. The van der Waals surface area contributed by atoms with Crippen LogP contribution >= 0.6 is 0 Å². The second-order valence-corrected chi connectivity index (χ2v) is 5.92. The lowest BCUT2D eigenvalue weighted by Gasteiger charge is -2.17. The lowest BCUT2D eigenvalue weighted by Crippen LogP contribution is -2.19. The van der Waals surface area contributed by atoms with E-state index in [1.807, 2.05) is 4.68 Å². The molecule has 0 saturated carbocycles. The fourth-order valence-electron chi connectivity index (χ4n) is 3.07. The maximum absolute atomic E-state index is 6.49. The molecule has 1 heterocycles. The van der Waals surface area contributed by atoms with Gasteiger partial charge in [-0.25, -0.2) is 0 Å². The normalized spacial score (nSPS) is 12.7. The monoisotopic (exact) mass is 285 g/mol. The van der Waals surface area contributed by atoms with Crippen LogP contribution in [0.5, 0.6) is 0 Å². The molecule has 0 saturated heterocycles. The number of aromatic nitrogens is 2. The first-order chi connectivity index (χ1) is 9.96. The minimum absolute atomic E-state index is 0.00199. The van der Waals surface area contributed by atoms with Crippen molar-refractivity contribution in [2.24, 2.45) is 5.73 Å². The molecule has 2 aromatic rings. The molecule has 0 amide bonds. The van der Waals surface area contributed by atoms with E-state index in [4.69, 9.17) is 5.73 Å². The van der Waals surface area contributed by atoms with Gasteiger partial charge in [0.25, 0.3) is 0 Å². The van der Waals surface area contributed by atoms with Crippen molar-refractivity contribution in [2.75, 3.05) is 0 Å². The van der Waals surface area contributed by atoms with Crippen LogP contribution in [0.25, 0.3) is 0 Å². The van der Waals surface area contributed by atoms with Gasteiger partial charge in [-0.05, 0) is 63.3 Å². The zero-order chi connectivity index (χ0) is 15.6. The van der Waals surface area contributed by atoms with Crippen LogP contribution in [0.3, 0.4) is 0 Å². The number of rotatable bonds is 5. The second-order valence-electron chi connectivity index (χ2n) is 5.92. The predicted octanol–water partition coefficient (Wildman–Crippen LogP) is 3.63. The van der Waals surface area contributed by atoms with Gasteiger partial charge < -0.3 is 5.73 Å². The lowest BCUT2D eigenvalue weighted by molar-refractivity contribution is 0.564. The molecule has 0 aliphatic rings. The van der Waals surface area contributed by atoms with Gasteiger partial charge in [0.2, 0.25) is 0 Å². The summed E-state index contributed by atoms with van der Waals surface area (Å²) < 4.78 is 2.04. The fourth-order valence-corrected chi connectivity index (χ4v) is 3.07. The van der Waals surface area contributed by atoms with E-state index in [2.05, 4.69) is 57.9 Å². The molecule has 3 nitrogen and oxygen atoms in total. The smallest absolute Gasteiger partial charge is 0.0625 e. The van der Waals surface area contributed by atoms with Crippen LogP contribution < -0.4 is 5.73 Å². The van der Waals surface area contributed by atoms with Crippen LogP contribution in [0.15, 0.2) is 18.2 Å². The Hall–Kier alpha value is -1.61. The summed E-state index contributed by atoms with van der Waals surface area (Å²) in [7, 11) is 0. The molecule has 0 aliphatic heterocycles. The molecule has 1 aromatic heterocycles. The molecule has 114 valence electrons. The lowest BCUT2D eigenvalue weighted by atomic mass is 9.93. The van der Waals surface area contributed by atoms with E-state index < -0.39 is 0 Å². The number of hydrogen-bond donors (Lipinski definition) is 1. The molecule has 1 atom stereocenters. The van der Waals surface area contributed by atoms with Crippen molar-refractivity contribution in [1.29, 1.82) is 0 Å². The van der Waals surface area contributed by atoms with Crippen molar-refractivity contribution < 1.29 is 0 Å². The van der Waals surface area contributed by atoms with Gasteiger partial charge >= 0.3 is 0 Å². The minimum atomic E-state index is -0.00199. The average molecular weight is 285 g/mol. The molecule has 2 N–H and O–H groups in total. The number of nitrogens with zero attached hydrogens (tertiary/aromatic N) is 2. The summed E-state index contributed by atoms with van der Waals surface area (Å²) in [5.41, 5.74) is 14.1. The van der Waals surface area contributed by atoms with E-state index in [0.29, 0.717) is 0 Å². The molecule has 1 aromatic carbocycles. The summed E-state index contributed by atoms with van der Waals surface area (Å²) in [6, 6.07) is 6.64. The van der Waals surface area contributed by atoms with Gasteiger partial charge in [0.05, 0.1) is 17.4 Å². The summed E-state index contributed by atoms with van der Waals surface area (Å²) >= 11 is 0. The Kier molecular flexibility index (Phi) is 4.84. The van der Waals surface area contributed by atoms with Gasteiger partial charge in [0.15, 0.2) is 0 Å². The Labute approximate surface area is 128 Å².